The molecule has 0 aliphatic heterocycles. The molecule has 1 atom stereocenters. The van der Waals surface area contributed by atoms with Crippen LogP contribution in [0, 0.1) is 0 Å². The lowest BCUT2D eigenvalue weighted by Gasteiger charge is -2.29. The molecule has 0 aromatic heterocycles. The van der Waals surface area contributed by atoms with Gasteiger partial charge in [0, 0.05) is 24.4 Å². The van der Waals surface area contributed by atoms with Gasteiger partial charge in [-0.3, -0.25) is 4.79 Å². The van der Waals surface area contributed by atoms with Gasteiger partial charge in [-0.1, -0.05) is 36.4 Å². The third-order valence-electron chi connectivity index (χ3n) is 3.57. The maximum atomic E-state index is 12.5. The minimum absolute atomic E-state index is 0.0484. The van der Waals surface area contributed by atoms with Crippen LogP contribution in [0.1, 0.15) is 17.3 Å². The molecule has 2 rings (SSSR count). The number of nitrogens with zero attached hydrogens (tertiary/aromatic N) is 1. The highest BCUT2D eigenvalue weighted by atomic mass is 16.5. The van der Waals surface area contributed by atoms with Crippen molar-refractivity contribution in [2.75, 3.05) is 25.7 Å². The highest BCUT2D eigenvalue weighted by Gasteiger charge is 2.19. The summed E-state index contributed by atoms with van der Waals surface area (Å²) in [5, 5.41) is 0. The molecule has 2 aromatic carbocycles. The third-order valence-corrected chi connectivity index (χ3v) is 3.57. The fourth-order valence-corrected chi connectivity index (χ4v) is 2.22. The van der Waals surface area contributed by atoms with E-state index in [9.17, 15) is 4.79 Å². The van der Waals surface area contributed by atoms with E-state index in [0.717, 1.165) is 11.4 Å². The summed E-state index contributed by atoms with van der Waals surface area (Å²) < 4.78 is 10.7. The Balaban J connectivity index is 2.25. The standard InChI is InChI=1S/C18H21NO3/c1-14(21-2)19(16-10-7-11-17(12-16)22-3)13-18(20)15-8-5-4-6-9-15/h4-12,14H,13H2,1-3H3. The maximum absolute atomic E-state index is 12.5. The zero-order valence-corrected chi connectivity index (χ0v) is 13.2. The molecule has 0 amide bonds. The van der Waals surface area contributed by atoms with Crippen LogP contribution in [-0.4, -0.2) is 32.8 Å². The molecule has 0 spiro atoms. The molecular weight excluding hydrogens is 278 g/mol. The van der Waals surface area contributed by atoms with Crippen molar-refractivity contribution < 1.29 is 14.3 Å². The van der Waals surface area contributed by atoms with Gasteiger partial charge in [0.2, 0.25) is 0 Å². The highest BCUT2D eigenvalue weighted by Crippen LogP contribution is 2.23. The van der Waals surface area contributed by atoms with Crippen molar-refractivity contribution in [1.29, 1.82) is 0 Å². The zero-order chi connectivity index (χ0) is 15.9. The van der Waals surface area contributed by atoms with E-state index in [-0.39, 0.29) is 18.6 Å². The van der Waals surface area contributed by atoms with E-state index in [1.165, 1.54) is 0 Å². The molecule has 2 aromatic rings. The average Bonchev–Trinajstić information content (AvgIpc) is 2.59. The Kier molecular flexibility index (Phi) is 5.55. The minimum Gasteiger partial charge on any atom is -0.497 e. The molecule has 0 aliphatic carbocycles. The van der Waals surface area contributed by atoms with Crippen LogP contribution >= 0.6 is 0 Å². The average molecular weight is 299 g/mol. The molecular formula is C18H21NO3. The molecule has 0 fully saturated rings. The van der Waals surface area contributed by atoms with Gasteiger partial charge < -0.3 is 14.4 Å². The van der Waals surface area contributed by atoms with E-state index in [0.29, 0.717) is 5.56 Å². The smallest absolute Gasteiger partial charge is 0.182 e. The van der Waals surface area contributed by atoms with Gasteiger partial charge in [-0.2, -0.15) is 0 Å². The van der Waals surface area contributed by atoms with Crippen molar-refractivity contribution in [1.82, 2.24) is 0 Å². The predicted molar refractivity (Wildman–Crippen MR) is 87.6 cm³/mol. The molecule has 4 heteroatoms. The lowest BCUT2D eigenvalue weighted by molar-refractivity contribution is 0.0921. The molecule has 0 bridgehead atoms. The summed E-state index contributed by atoms with van der Waals surface area (Å²) in [4.78, 5) is 14.4. The van der Waals surface area contributed by atoms with E-state index in [1.807, 2.05) is 66.4 Å². The van der Waals surface area contributed by atoms with Crippen LogP contribution in [0.3, 0.4) is 0 Å². The van der Waals surface area contributed by atoms with Crippen LogP contribution in [0.25, 0.3) is 0 Å². The largest absolute Gasteiger partial charge is 0.497 e. The molecule has 0 radical (unpaired) electrons. The van der Waals surface area contributed by atoms with Crippen molar-refractivity contribution >= 4 is 11.5 Å². The van der Waals surface area contributed by atoms with E-state index in [1.54, 1.807) is 14.2 Å². The topological polar surface area (TPSA) is 38.8 Å². The predicted octanol–water partition coefficient (Wildman–Crippen LogP) is 3.38. The Morgan fingerprint density at radius 2 is 1.82 bits per heavy atom. The quantitative estimate of drug-likeness (QED) is 0.580. The van der Waals surface area contributed by atoms with Crippen LogP contribution in [0.15, 0.2) is 54.6 Å². The summed E-state index contributed by atoms with van der Waals surface area (Å²) in [6.07, 6.45) is -0.222. The number of Topliss-reactive ketones (excluding diaryl/α,β-unsaturated/α-hetero) is 1. The number of anilines is 1. The van der Waals surface area contributed by atoms with Gasteiger partial charge in [-0.05, 0) is 19.1 Å². The molecule has 4 nitrogen and oxygen atoms in total. The number of carbonyl (C=O) groups excluding carboxylic acids is 1. The summed E-state index contributed by atoms with van der Waals surface area (Å²) in [7, 11) is 3.25. The number of carbonyl (C=O) groups is 1. The SMILES string of the molecule is COc1cccc(N(CC(=O)c2ccccc2)C(C)OC)c1. The van der Waals surface area contributed by atoms with Crippen molar-refractivity contribution in [3.63, 3.8) is 0 Å². The first kappa shape index (κ1) is 16.0. The molecule has 0 aliphatic rings. The fraction of sp³-hybridized carbons (Fsp3) is 0.278. The zero-order valence-electron chi connectivity index (χ0n) is 13.2. The monoisotopic (exact) mass is 299 g/mol. The lowest BCUT2D eigenvalue weighted by Crippen LogP contribution is -2.38. The first-order valence-electron chi connectivity index (χ1n) is 7.17. The van der Waals surface area contributed by atoms with Crippen LogP contribution < -0.4 is 9.64 Å². The summed E-state index contributed by atoms with van der Waals surface area (Å²) >= 11 is 0. The molecule has 1 unspecified atom stereocenters. The van der Waals surface area contributed by atoms with Crippen LogP contribution in [-0.2, 0) is 4.74 Å². The van der Waals surface area contributed by atoms with E-state index in [2.05, 4.69) is 0 Å². The molecule has 0 saturated heterocycles. The first-order valence-corrected chi connectivity index (χ1v) is 7.17. The molecule has 0 saturated carbocycles. The lowest BCUT2D eigenvalue weighted by atomic mass is 10.1. The number of rotatable bonds is 7. The highest BCUT2D eigenvalue weighted by molar-refractivity contribution is 5.99. The van der Waals surface area contributed by atoms with Crippen LogP contribution in [0.5, 0.6) is 5.75 Å². The number of hydrogen-bond donors (Lipinski definition) is 0. The Hall–Kier alpha value is -2.33. The van der Waals surface area contributed by atoms with Crippen LogP contribution in [0.4, 0.5) is 5.69 Å². The van der Waals surface area contributed by atoms with Gasteiger partial charge >= 0.3 is 0 Å². The normalized spacial score (nSPS) is 11.8. The Morgan fingerprint density at radius 3 is 2.45 bits per heavy atom. The molecule has 0 N–H and O–H groups in total. The van der Waals surface area contributed by atoms with Crippen molar-refractivity contribution in [3.05, 3.63) is 60.2 Å². The number of ether oxygens (including phenoxy) is 2. The molecule has 0 heterocycles. The van der Waals surface area contributed by atoms with Gasteiger partial charge in [0.25, 0.3) is 0 Å². The summed E-state index contributed by atoms with van der Waals surface area (Å²) in [5.41, 5.74) is 1.58. The molecule has 22 heavy (non-hydrogen) atoms. The molecule has 116 valence electrons. The van der Waals surface area contributed by atoms with Crippen molar-refractivity contribution in [3.8, 4) is 5.75 Å². The minimum atomic E-state index is -0.222. The van der Waals surface area contributed by atoms with Crippen LogP contribution in [0.2, 0.25) is 0 Å². The second-order valence-corrected chi connectivity index (χ2v) is 4.95. The Labute approximate surface area is 131 Å². The Bertz CT molecular complexity index is 613. The Morgan fingerprint density at radius 1 is 1.09 bits per heavy atom. The van der Waals surface area contributed by atoms with Gasteiger partial charge in [0.05, 0.1) is 13.7 Å². The number of ketones is 1. The number of benzene rings is 2. The first-order chi connectivity index (χ1) is 10.7. The van der Waals surface area contributed by atoms with E-state index in [4.69, 9.17) is 9.47 Å². The summed E-state index contributed by atoms with van der Waals surface area (Å²) in [6.45, 7) is 2.16. The summed E-state index contributed by atoms with van der Waals surface area (Å²) in [5.74, 6) is 0.797. The van der Waals surface area contributed by atoms with E-state index < -0.39 is 0 Å². The van der Waals surface area contributed by atoms with Gasteiger partial charge in [0.1, 0.15) is 12.0 Å². The van der Waals surface area contributed by atoms with Gasteiger partial charge in [-0.25, -0.2) is 0 Å². The third kappa shape index (κ3) is 3.86. The van der Waals surface area contributed by atoms with Gasteiger partial charge in [-0.15, -0.1) is 0 Å². The van der Waals surface area contributed by atoms with Gasteiger partial charge in [0.15, 0.2) is 5.78 Å². The maximum Gasteiger partial charge on any atom is 0.182 e. The van der Waals surface area contributed by atoms with Crippen molar-refractivity contribution in [2.24, 2.45) is 0 Å². The second kappa shape index (κ2) is 7.61. The van der Waals surface area contributed by atoms with Crippen molar-refractivity contribution in [2.45, 2.75) is 13.2 Å². The van der Waals surface area contributed by atoms with E-state index >= 15 is 0 Å². The summed E-state index contributed by atoms with van der Waals surface area (Å²) in [6, 6.07) is 16.9. The fourth-order valence-electron chi connectivity index (χ4n) is 2.22. The second-order valence-electron chi connectivity index (χ2n) is 4.95. The number of hydrogen-bond acceptors (Lipinski definition) is 4. The number of methoxy groups -OCH3 is 2.